The summed E-state index contributed by atoms with van der Waals surface area (Å²) < 4.78 is 33.6. The van der Waals surface area contributed by atoms with Gasteiger partial charge in [-0.15, -0.1) is 0 Å². The van der Waals surface area contributed by atoms with Gasteiger partial charge in [-0.2, -0.15) is 0 Å². The lowest BCUT2D eigenvalue weighted by molar-refractivity contribution is 0.0410. The Morgan fingerprint density at radius 3 is 1.10 bits per heavy atom. The second kappa shape index (κ2) is 10.5. The van der Waals surface area contributed by atoms with Gasteiger partial charge in [-0.1, -0.05) is 0 Å². The molecule has 3 heterocycles. The third-order valence-electron chi connectivity index (χ3n) is 9.33. The van der Waals surface area contributed by atoms with E-state index in [1.165, 1.54) is 18.2 Å². The molecule has 3 saturated heterocycles. The van der Waals surface area contributed by atoms with Crippen molar-refractivity contribution in [1.29, 1.82) is 0 Å². The molecule has 1 aromatic rings. The van der Waals surface area contributed by atoms with Gasteiger partial charge in [0.1, 0.15) is 0 Å². The molecular formula is C30H36O9. The predicted octanol–water partition coefficient (Wildman–Crippen LogP) is 3.86. The fraction of sp³-hybridized carbons (Fsp3) is 0.700. The average molecular weight is 541 g/mol. The zero-order valence-electron chi connectivity index (χ0n) is 22.1. The smallest absolute Gasteiger partial charge is 0.338 e. The number of ether oxygens (including phenoxy) is 6. The van der Waals surface area contributed by atoms with Crippen LogP contribution in [0, 0.1) is 17.8 Å². The maximum absolute atomic E-state index is 13.0. The summed E-state index contributed by atoms with van der Waals surface area (Å²) in [5.41, 5.74) is 0.435. The highest BCUT2D eigenvalue weighted by molar-refractivity contribution is 6.00. The minimum Gasteiger partial charge on any atom is -0.462 e. The highest BCUT2D eigenvalue weighted by Crippen LogP contribution is 2.41. The topological polar surface area (TPSA) is 116 Å². The van der Waals surface area contributed by atoms with E-state index in [1.807, 2.05) is 0 Å². The van der Waals surface area contributed by atoms with Gasteiger partial charge in [-0.25, -0.2) is 14.4 Å². The molecule has 3 saturated carbocycles. The molecule has 0 spiro atoms. The third kappa shape index (κ3) is 6.00. The summed E-state index contributed by atoms with van der Waals surface area (Å²) >= 11 is 0. The largest absolute Gasteiger partial charge is 0.462 e. The summed E-state index contributed by atoms with van der Waals surface area (Å²) in [5, 5.41) is 0. The molecule has 3 aliphatic carbocycles. The molecule has 1 aromatic carbocycles. The molecular weight excluding hydrogens is 504 g/mol. The van der Waals surface area contributed by atoms with Gasteiger partial charge in [-0.05, 0) is 93.7 Å². The standard InChI is InChI=1S/C30H36O9/c31-28(34-13-16-1-4-22-25(7-16)37-22)19-10-20(29(32)35-14-17-2-5-23-26(8-17)38-23)12-21(11-19)30(33)36-15-18-3-6-24-27(9-18)39-24/h10-12,16-18,22-27H,1-9,13-15H2. The van der Waals surface area contributed by atoms with Crippen LogP contribution < -0.4 is 0 Å². The van der Waals surface area contributed by atoms with Gasteiger partial charge in [0.25, 0.3) is 0 Å². The lowest BCUT2D eigenvalue weighted by Crippen LogP contribution is -2.22. The first-order valence-corrected chi connectivity index (χ1v) is 14.6. The number of rotatable bonds is 9. The maximum Gasteiger partial charge on any atom is 0.338 e. The lowest BCUT2D eigenvalue weighted by atomic mass is 9.90. The van der Waals surface area contributed by atoms with Crippen molar-refractivity contribution in [3.63, 3.8) is 0 Å². The summed E-state index contributed by atoms with van der Waals surface area (Å²) in [6.45, 7) is 0.868. The van der Waals surface area contributed by atoms with Crippen LogP contribution in [-0.4, -0.2) is 74.4 Å². The normalized spacial score (nSPS) is 37.4. The van der Waals surface area contributed by atoms with Gasteiger partial charge in [0.05, 0.1) is 73.1 Å². The molecule has 9 unspecified atom stereocenters. The predicted molar refractivity (Wildman–Crippen MR) is 135 cm³/mol. The van der Waals surface area contributed by atoms with Crippen molar-refractivity contribution in [2.75, 3.05) is 19.8 Å². The van der Waals surface area contributed by atoms with Gasteiger partial charge in [-0.3, -0.25) is 0 Å². The van der Waals surface area contributed by atoms with E-state index in [-0.39, 0.29) is 54.3 Å². The Bertz CT molecular complexity index is 983. The molecule has 210 valence electrons. The minimum absolute atomic E-state index is 0.145. The van der Waals surface area contributed by atoms with Crippen LogP contribution in [0.5, 0.6) is 0 Å². The van der Waals surface area contributed by atoms with Crippen molar-refractivity contribution < 1.29 is 42.8 Å². The van der Waals surface area contributed by atoms with Crippen LogP contribution in [0.4, 0.5) is 0 Å². The Morgan fingerprint density at radius 2 is 0.821 bits per heavy atom. The summed E-state index contributed by atoms with van der Waals surface area (Å²) in [5.74, 6) is -0.924. The number of hydrogen-bond donors (Lipinski definition) is 0. The molecule has 0 aromatic heterocycles. The monoisotopic (exact) mass is 540 g/mol. The Kier molecular flexibility index (Phi) is 6.85. The van der Waals surface area contributed by atoms with E-state index < -0.39 is 17.9 Å². The van der Waals surface area contributed by atoms with E-state index >= 15 is 0 Å². The van der Waals surface area contributed by atoms with E-state index in [2.05, 4.69) is 0 Å². The summed E-state index contributed by atoms with van der Waals surface area (Å²) in [6, 6.07) is 4.36. The minimum atomic E-state index is -0.564. The molecule has 6 aliphatic rings. The molecule has 0 amide bonds. The Labute approximate surface area is 227 Å². The summed E-state index contributed by atoms with van der Waals surface area (Å²) in [7, 11) is 0. The van der Waals surface area contributed by atoms with Gasteiger partial charge in [0.2, 0.25) is 0 Å². The highest BCUT2D eigenvalue weighted by Gasteiger charge is 2.45. The van der Waals surface area contributed by atoms with Crippen LogP contribution in [0.1, 0.15) is 88.9 Å². The zero-order valence-corrected chi connectivity index (χ0v) is 22.1. The Morgan fingerprint density at radius 1 is 0.513 bits per heavy atom. The van der Waals surface area contributed by atoms with Crippen LogP contribution in [-0.2, 0) is 28.4 Å². The zero-order chi connectivity index (χ0) is 26.5. The van der Waals surface area contributed by atoms with E-state index in [9.17, 15) is 14.4 Å². The number of carbonyl (C=O) groups excluding carboxylic acids is 3. The molecule has 9 nitrogen and oxygen atoms in total. The van der Waals surface area contributed by atoms with Crippen molar-refractivity contribution in [2.24, 2.45) is 17.8 Å². The molecule has 0 radical (unpaired) electrons. The molecule has 9 heteroatoms. The lowest BCUT2D eigenvalue weighted by Gasteiger charge is -2.20. The maximum atomic E-state index is 13.0. The van der Waals surface area contributed by atoms with Crippen molar-refractivity contribution in [3.8, 4) is 0 Å². The highest BCUT2D eigenvalue weighted by atomic mass is 16.6. The molecule has 3 aliphatic heterocycles. The van der Waals surface area contributed by atoms with Crippen molar-refractivity contribution in [2.45, 2.75) is 94.4 Å². The van der Waals surface area contributed by atoms with Crippen LogP contribution in [0.3, 0.4) is 0 Å². The molecule has 0 bridgehead atoms. The molecule has 7 rings (SSSR count). The van der Waals surface area contributed by atoms with Crippen LogP contribution >= 0.6 is 0 Å². The van der Waals surface area contributed by atoms with Crippen molar-refractivity contribution in [3.05, 3.63) is 34.9 Å². The SMILES string of the molecule is O=C(OCC1CCC2OC2C1)c1cc(C(=O)OCC2CCC3OC3C2)cc(C(=O)OCC2CCC3OC3C2)c1. The third-order valence-corrected chi connectivity index (χ3v) is 9.33. The quantitative estimate of drug-likeness (QED) is 0.261. The first-order chi connectivity index (χ1) is 19.0. The summed E-state index contributed by atoms with van der Waals surface area (Å²) in [6.07, 6.45) is 10.6. The number of carbonyl (C=O) groups is 3. The van der Waals surface area contributed by atoms with E-state index in [0.717, 1.165) is 57.8 Å². The Hall–Kier alpha value is -2.49. The fourth-order valence-electron chi connectivity index (χ4n) is 6.73. The molecule has 9 atom stereocenters. The van der Waals surface area contributed by atoms with Crippen molar-refractivity contribution >= 4 is 17.9 Å². The second-order valence-electron chi connectivity index (χ2n) is 12.3. The first-order valence-electron chi connectivity index (χ1n) is 14.6. The number of epoxide rings is 3. The van der Waals surface area contributed by atoms with Gasteiger partial charge in [0, 0.05) is 0 Å². The number of benzene rings is 1. The van der Waals surface area contributed by atoms with E-state index in [0.29, 0.717) is 36.6 Å². The molecule has 6 fully saturated rings. The van der Waals surface area contributed by atoms with Gasteiger partial charge in [0.15, 0.2) is 0 Å². The van der Waals surface area contributed by atoms with Crippen molar-refractivity contribution in [1.82, 2.24) is 0 Å². The fourth-order valence-corrected chi connectivity index (χ4v) is 6.73. The Balaban J connectivity index is 1.01. The molecule has 39 heavy (non-hydrogen) atoms. The van der Waals surface area contributed by atoms with E-state index in [1.54, 1.807) is 0 Å². The molecule has 0 N–H and O–H groups in total. The van der Waals surface area contributed by atoms with Crippen LogP contribution in [0.25, 0.3) is 0 Å². The average Bonchev–Trinajstić information content (AvgIpc) is 3.85. The van der Waals surface area contributed by atoms with Crippen LogP contribution in [0.15, 0.2) is 18.2 Å². The number of fused-ring (bicyclic) bond motifs is 3. The van der Waals surface area contributed by atoms with Gasteiger partial charge >= 0.3 is 17.9 Å². The van der Waals surface area contributed by atoms with Gasteiger partial charge < -0.3 is 28.4 Å². The summed E-state index contributed by atoms with van der Waals surface area (Å²) in [4.78, 5) is 39.1. The van der Waals surface area contributed by atoms with E-state index in [4.69, 9.17) is 28.4 Å². The number of hydrogen-bond acceptors (Lipinski definition) is 9. The van der Waals surface area contributed by atoms with Crippen LogP contribution in [0.2, 0.25) is 0 Å². The second-order valence-corrected chi connectivity index (χ2v) is 12.3. The number of esters is 3. The first kappa shape index (κ1) is 25.5.